The zero-order valence-corrected chi connectivity index (χ0v) is 24.0. The van der Waals surface area contributed by atoms with Crippen LogP contribution >= 0.6 is 11.6 Å². The summed E-state index contributed by atoms with van der Waals surface area (Å²) in [5.74, 6) is -0.539. The average molecular weight is 569 g/mol. The van der Waals surface area contributed by atoms with Crippen LogP contribution in [-0.4, -0.2) is 66.4 Å². The maximum atomic E-state index is 13.5. The summed E-state index contributed by atoms with van der Waals surface area (Å²) in [5.41, 5.74) is 4.76. The van der Waals surface area contributed by atoms with Gasteiger partial charge in [-0.15, -0.1) is 11.6 Å². The molecule has 1 aromatic heterocycles. The zero-order chi connectivity index (χ0) is 28.1. The van der Waals surface area contributed by atoms with Gasteiger partial charge in [-0.1, -0.05) is 18.2 Å². The van der Waals surface area contributed by atoms with Crippen LogP contribution in [0.5, 0.6) is 0 Å². The van der Waals surface area contributed by atoms with Crippen LogP contribution in [0, 0.1) is 13.8 Å². The predicted molar refractivity (Wildman–Crippen MR) is 155 cm³/mol. The van der Waals surface area contributed by atoms with Crippen molar-refractivity contribution in [1.82, 2.24) is 15.2 Å². The van der Waals surface area contributed by atoms with Gasteiger partial charge in [0.05, 0.1) is 27.2 Å². The topological polar surface area (TPSA) is 111 Å². The molecule has 3 heterocycles. The number of halogens is 1. The molecular formula is C29H33ClN4O4S. The maximum absolute atomic E-state index is 13.5. The lowest BCUT2D eigenvalue weighted by molar-refractivity contribution is -0.110. The average Bonchev–Trinajstić information content (AvgIpc) is 3.31. The fourth-order valence-electron chi connectivity index (χ4n) is 5.64. The van der Waals surface area contributed by atoms with Gasteiger partial charge >= 0.3 is 0 Å². The molecule has 0 spiro atoms. The van der Waals surface area contributed by atoms with E-state index in [0.29, 0.717) is 53.2 Å². The Morgan fingerprint density at radius 1 is 1.18 bits per heavy atom. The molecule has 2 amide bonds. The smallest absolute Gasteiger partial charge is 0.256 e. The Hall–Kier alpha value is -3.14. The molecule has 10 heteroatoms. The van der Waals surface area contributed by atoms with E-state index in [-0.39, 0.29) is 39.9 Å². The number of sulfone groups is 1. The lowest BCUT2D eigenvalue weighted by atomic mass is 10.0. The number of H-pyrrole nitrogens is 1. The van der Waals surface area contributed by atoms with Crippen LogP contribution in [-0.2, 0) is 14.6 Å². The van der Waals surface area contributed by atoms with Crippen LogP contribution in [0.1, 0.15) is 53.1 Å². The molecule has 0 saturated carbocycles. The second-order valence-corrected chi connectivity index (χ2v) is 13.3. The second-order valence-electron chi connectivity index (χ2n) is 10.7. The van der Waals surface area contributed by atoms with Gasteiger partial charge in [0.1, 0.15) is 0 Å². The third-order valence-corrected chi connectivity index (χ3v) is 9.39. The van der Waals surface area contributed by atoms with Crippen molar-refractivity contribution in [3.05, 3.63) is 70.1 Å². The minimum Gasteiger partial charge on any atom is -0.358 e. The number of hydrogen-bond acceptors (Lipinski definition) is 5. The van der Waals surface area contributed by atoms with Crippen LogP contribution in [0.4, 0.5) is 5.69 Å². The molecule has 5 rings (SSSR count). The van der Waals surface area contributed by atoms with E-state index in [9.17, 15) is 18.0 Å². The number of amides is 2. The van der Waals surface area contributed by atoms with Crippen LogP contribution < -0.4 is 10.6 Å². The Bertz CT molecular complexity index is 1540. The van der Waals surface area contributed by atoms with E-state index in [2.05, 4.69) is 29.5 Å². The molecular weight excluding hydrogens is 536 g/mol. The largest absolute Gasteiger partial charge is 0.358 e. The van der Waals surface area contributed by atoms with E-state index in [4.69, 9.17) is 11.6 Å². The molecule has 1 fully saturated rings. The number of aromatic nitrogens is 1. The van der Waals surface area contributed by atoms with E-state index in [0.717, 1.165) is 11.3 Å². The Balaban J connectivity index is 1.46. The first kappa shape index (κ1) is 27.4. The number of fused-ring (bicyclic) bond motifs is 1. The van der Waals surface area contributed by atoms with Gasteiger partial charge in [-0.3, -0.25) is 9.59 Å². The van der Waals surface area contributed by atoms with Crippen LogP contribution in [0.15, 0.2) is 46.9 Å². The second kappa shape index (κ2) is 10.4. The number of aromatic amines is 1. The summed E-state index contributed by atoms with van der Waals surface area (Å²) in [7, 11) is -3.67. The number of carbonyl (C=O) groups excluding carboxylic acids is 2. The number of anilines is 1. The number of allylic oxidation sites excluding steroid dienone is 3. The molecule has 3 atom stereocenters. The van der Waals surface area contributed by atoms with Crippen molar-refractivity contribution in [2.45, 2.75) is 56.5 Å². The van der Waals surface area contributed by atoms with Crippen LogP contribution in [0.25, 0.3) is 11.6 Å². The molecule has 39 heavy (non-hydrogen) atoms. The lowest BCUT2D eigenvalue weighted by Crippen LogP contribution is -2.55. The van der Waals surface area contributed by atoms with Crippen molar-refractivity contribution in [3.8, 4) is 0 Å². The highest BCUT2D eigenvalue weighted by Gasteiger charge is 2.31. The van der Waals surface area contributed by atoms with Gasteiger partial charge in [0.25, 0.3) is 11.8 Å². The number of piperazine rings is 1. The summed E-state index contributed by atoms with van der Waals surface area (Å²) >= 11 is 6.17. The molecule has 8 nitrogen and oxygen atoms in total. The number of carbonyl (C=O) groups is 2. The zero-order valence-electron chi connectivity index (χ0n) is 22.5. The van der Waals surface area contributed by atoms with Gasteiger partial charge < -0.3 is 20.5 Å². The molecule has 1 aromatic carbocycles. The van der Waals surface area contributed by atoms with Crippen molar-refractivity contribution in [2.75, 3.05) is 24.2 Å². The van der Waals surface area contributed by atoms with Crippen molar-refractivity contribution >= 4 is 50.6 Å². The van der Waals surface area contributed by atoms with E-state index >= 15 is 0 Å². The first-order chi connectivity index (χ1) is 18.4. The van der Waals surface area contributed by atoms with Crippen molar-refractivity contribution < 1.29 is 18.0 Å². The van der Waals surface area contributed by atoms with Crippen molar-refractivity contribution in [1.29, 1.82) is 0 Å². The highest BCUT2D eigenvalue weighted by molar-refractivity contribution is 7.91. The molecule has 1 aliphatic carbocycles. The Labute approximate surface area is 234 Å². The predicted octanol–water partition coefficient (Wildman–Crippen LogP) is 4.21. The summed E-state index contributed by atoms with van der Waals surface area (Å²) in [6, 6.07) is 5.07. The van der Waals surface area contributed by atoms with E-state index < -0.39 is 9.84 Å². The van der Waals surface area contributed by atoms with Crippen molar-refractivity contribution in [3.63, 3.8) is 0 Å². The van der Waals surface area contributed by atoms with Gasteiger partial charge in [0.15, 0.2) is 9.84 Å². The molecule has 1 unspecified atom stereocenters. The van der Waals surface area contributed by atoms with E-state index in [1.165, 1.54) is 6.07 Å². The molecule has 2 aliphatic heterocycles. The van der Waals surface area contributed by atoms with E-state index in [1.54, 1.807) is 30.4 Å². The number of benzene rings is 1. The standard InChI is InChI=1S/C29H33ClN4O4S/c1-16-13-34(14-17(2)31-16)29(36)27-18(3)26(32-19(27)4)12-24-23-11-22(8-9-25(23)33-28(24)35)39(37,38)15-20-6-5-7-21(30)10-20/h5-6,8-12,16-17,21,31-32H,7,13-15H2,1-4H3,(H,33,35)/b24-12-/t16-,17+,21?. The van der Waals surface area contributed by atoms with Crippen LogP contribution in [0.3, 0.4) is 0 Å². The maximum Gasteiger partial charge on any atom is 0.256 e. The molecule has 3 N–H and O–H groups in total. The number of hydrogen-bond donors (Lipinski definition) is 3. The third-order valence-electron chi connectivity index (χ3n) is 7.40. The monoisotopic (exact) mass is 568 g/mol. The lowest BCUT2D eigenvalue weighted by Gasteiger charge is -2.36. The van der Waals surface area contributed by atoms with Gasteiger partial charge in [-0.25, -0.2) is 8.42 Å². The molecule has 0 bridgehead atoms. The van der Waals surface area contributed by atoms with Gasteiger partial charge in [0.2, 0.25) is 0 Å². The minimum absolute atomic E-state index is 0.0407. The van der Waals surface area contributed by atoms with Gasteiger partial charge in [-0.2, -0.15) is 0 Å². The summed E-state index contributed by atoms with van der Waals surface area (Å²) in [6.07, 6.45) is 7.79. The van der Waals surface area contributed by atoms with E-state index in [1.807, 2.05) is 24.8 Å². The quantitative estimate of drug-likeness (QED) is 0.369. The highest BCUT2D eigenvalue weighted by Crippen LogP contribution is 2.36. The number of nitrogens with one attached hydrogen (secondary N) is 3. The highest BCUT2D eigenvalue weighted by atomic mass is 35.5. The number of alkyl halides is 1. The number of aryl methyl sites for hydroxylation is 1. The van der Waals surface area contributed by atoms with Crippen molar-refractivity contribution in [2.24, 2.45) is 0 Å². The van der Waals surface area contributed by atoms with Gasteiger partial charge in [-0.05, 0) is 69.5 Å². The summed E-state index contributed by atoms with van der Waals surface area (Å²) in [4.78, 5) is 31.7. The summed E-state index contributed by atoms with van der Waals surface area (Å²) in [6.45, 7) is 9.08. The number of nitrogens with zero attached hydrogens (tertiary/aromatic N) is 1. The Morgan fingerprint density at radius 2 is 1.90 bits per heavy atom. The molecule has 2 aromatic rings. The normalized spacial score (nSPS) is 24.1. The summed E-state index contributed by atoms with van der Waals surface area (Å²) < 4.78 is 26.5. The summed E-state index contributed by atoms with van der Waals surface area (Å²) in [5, 5.41) is 6.04. The fraction of sp³-hybridized carbons (Fsp3) is 0.379. The minimum atomic E-state index is -3.67. The molecule has 206 valence electrons. The Morgan fingerprint density at radius 3 is 2.59 bits per heavy atom. The molecule has 1 saturated heterocycles. The third kappa shape index (κ3) is 5.48. The van der Waals surface area contributed by atoms with Gasteiger partial charge in [0, 0.05) is 47.8 Å². The fourth-order valence-corrected chi connectivity index (χ4v) is 7.28. The number of rotatable bonds is 5. The SMILES string of the molecule is Cc1[nH]c(/C=C2\C(=O)Nc3ccc(S(=O)(=O)CC4=CC(Cl)CC=C4)cc32)c(C)c1C(=O)N1C[C@@H](C)N[C@@H](C)C1. The van der Waals surface area contributed by atoms with Crippen LogP contribution in [0.2, 0.25) is 0 Å². The first-order valence-corrected chi connectivity index (χ1v) is 15.2. The molecule has 0 radical (unpaired) electrons. The first-order valence-electron chi connectivity index (χ1n) is 13.1. The Kier molecular flexibility index (Phi) is 7.35. The molecule has 3 aliphatic rings.